The van der Waals surface area contributed by atoms with Crippen LogP contribution in [0.3, 0.4) is 0 Å². The maximum atomic E-state index is 5.66. The van der Waals surface area contributed by atoms with Crippen molar-refractivity contribution < 1.29 is 9.47 Å². The van der Waals surface area contributed by atoms with Crippen molar-refractivity contribution in [2.45, 2.75) is 32.8 Å². The molecular formula is C11H23NO2. The quantitative estimate of drug-likeness (QED) is 0.659. The molecule has 1 fully saturated rings. The molecule has 0 amide bonds. The van der Waals surface area contributed by atoms with E-state index >= 15 is 0 Å². The van der Waals surface area contributed by atoms with Crippen LogP contribution in [0.25, 0.3) is 0 Å². The Kier molecular flexibility index (Phi) is 4.85. The van der Waals surface area contributed by atoms with Crippen LogP contribution in [0.2, 0.25) is 0 Å². The number of ether oxygens (including phenoxy) is 2. The lowest BCUT2D eigenvalue weighted by molar-refractivity contribution is 0.0362. The molecule has 0 bridgehead atoms. The lowest BCUT2D eigenvalue weighted by atomic mass is 9.78. The Morgan fingerprint density at radius 1 is 1.57 bits per heavy atom. The standard InChI is InChI=1S/C11H23NO2/c1-4-13-7-5-11(9-12-3)6-8-14-10(11)2/h10,12H,4-9H2,1-3H3. The highest BCUT2D eigenvalue weighted by molar-refractivity contribution is 4.90. The van der Waals surface area contributed by atoms with Gasteiger partial charge in [0.25, 0.3) is 0 Å². The summed E-state index contributed by atoms with van der Waals surface area (Å²) in [6, 6.07) is 0. The maximum absolute atomic E-state index is 5.66. The molecule has 0 aliphatic carbocycles. The summed E-state index contributed by atoms with van der Waals surface area (Å²) < 4.78 is 11.1. The van der Waals surface area contributed by atoms with E-state index in [4.69, 9.17) is 9.47 Å². The Bertz CT molecular complexity index is 163. The number of hydrogen-bond donors (Lipinski definition) is 1. The SMILES string of the molecule is CCOCCC1(CNC)CCOC1C. The molecule has 1 N–H and O–H groups in total. The molecule has 2 atom stereocenters. The van der Waals surface area contributed by atoms with Crippen molar-refractivity contribution in [1.82, 2.24) is 5.32 Å². The zero-order valence-electron chi connectivity index (χ0n) is 9.64. The molecule has 0 saturated carbocycles. The summed E-state index contributed by atoms with van der Waals surface area (Å²) in [5.74, 6) is 0. The summed E-state index contributed by atoms with van der Waals surface area (Å²) in [7, 11) is 2.01. The molecule has 2 unspecified atom stereocenters. The van der Waals surface area contributed by atoms with E-state index in [1.165, 1.54) is 0 Å². The van der Waals surface area contributed by atoms with Crippen LogP contribution >= 0.6 is 0 Å². The first-order valence-corrected chi connectivity index (χ1v) is 5.59. The van der Waals surface area contributed by atoms with Gasteiger partial charge in [0.15, 0.2) is 0 Å². The number of hydrogen-bond acceptors (Lipinski definition) is 3. The fourth-order valence-electron chi connectivity index (χ4n) is 2.24. The van der Waals surface area contributed by atoms with Crippen LogP contribution in [0.1, 0.15) is 26.7 Å². The minimum atomic E-state index is 0.296. The Morgan fingerprint density at radius 3 is 2.86 bits per heavy atom. The molecule has 0 aromatic heterocycles. The van der Waals surface area contributed by atoms with Crippen molar-refractivity contribution in [2.75, 3.05) is 33.4 Å². The smallest absolute Gasteiger partial charge is 0.0617 e. The predicted molar refractivity (Wildman–Crippen MR) is 57.5 cm³/mol. The topological polar surface area (TPSA) is 30.5 Å². The van der Waals surface area contributed by atoms with Gasteiger partial charge >= 0.3 is 0 Å². The monoisotopic (exact) mass is 201 g/mol. The molecule has 3 nitrogen and oxygen atoms in total. The van der Waals surface area contributed by atoms with Gasteiger partial charge in [-0.1, -0.05) is 0 Å². The average molecular weight is 201 g/mol. The lowest BCUT2D eigenvalue weighted by Crippen LogP contribution is -2.39. The van der Waals surface area contributed by atoms with Crippen LogP contribution in [0.5, 0.6) is 0 Å². The highest BCUT2D eigenvalue weighted by atomic mass is 16.5. The predicted octanol–water partition coefficient (Wildman–Crippen LogP) is 1.43. The first kappa shape index (κ1) is 12.0. The zero-order valence-corrected chi connectivity index (χ0v) is 9.64. The van der Waals surface area contributed by atoms with Gasteiger partial charge in [-0.05, 0) is 33.7 Å². The molecule has 14 heavy (non-hydrogen) atoms. The molecule has 1 aliphatic heterocycles. The Morgan fingerprint density at radius 2 is 2.36 bits per heavy atom. The van der Waals surface area contributed by atoms with E-state index in [1.807, 2.05) is 14.0 Å². The third kappa shape index (κ3) is 2.69. The molecule has 3 heteroatoms. The average Bonchev–Trinajstić information content (AvgIpc) is 2.50. The summed E-state index contributed by atoms with van der Waals surface area (Å²) in [5.41, 5.74) is 0.296. The minimum Gasteiger partial charge on any atom is -0.382 e. The van der Waals surface area contributed by atoms with Crippen LogP contribution in [0.4, 0.5) is 0 Å². The second-order valence-corrected chi connectivity index (χ2v) is 4.10. The van der Waals surface area contributed by atoms with Crippen molar-refractivity contribution in [2.24, 2.45) is 5.41 Å². The van der Waals surface area contributed by atoms with Crippen LogP contribution in [-0.2, 0) is 9.47 Å². The second-order valence-electron chi connectivity index (χ2n) is 4.10. The second kappa shape index (κ2) is 5.69. The third-order valence-corrected chi connectivity index (χ3v) is 3.31. The summed E-state index contributed by atoms with van der Waals surface area (Å²) >= 11 is 0. The molecule has 0 aromatic carbocycles. The van der Waals surface area contributed by atoms with Crippen LogP contribution < -0.4 is 5.32 Å². The molecule has 84 valence electrons. The van der Waals surface area contributed by atoms with Gasteiger partial charge in [-0.2, -0.15) is 0 Å². The molecule has 0 radical (unpaired) electrons. The molecule has 0 spiro atoms. The van der Waals surface area contributed by atoms with Crippen molar-refractivity contribution in [3.63, 3.8) is 0 Å². The normalized spacial score (nSPS) is 32.4. The van der Waals surface area contributed by atoms with Gasteiger partial charge in [0.05, 0.1) is 6.10 Å². The van der Waals surface area contributed by atoms with Gasteiger partial charge in [0.2, 0.25) is 0 Å². The van der Waals surface area contributed by atoms with E-state index in [2.05, 4.69) is 12.2 Å². The van der Waals surface area contributed by atoms with E-state index in [9.17, 15) is 0 Å². The lowest BCUT2D eigenvalue weighted by Gasteiger charge is -2.31. The minimum absolute atomic E-state index is 0.296. The summed E-state index contributed by atoms with van der Waals surface area (Å²) in [4.78, 5) is 0. The molecule has 0 aromatic rings. The van der Waals surface area contributed by atoms with Gasteiger partial charge < -0.3 is 14.8 Å². The van der Waals surface area contributed by atoms with Gasteiger partial charge in [-0.3, -0.25) is 0 Å². The Balaban J connectivity index is 2.44. The summed E-state index contributed by atoms with van der Waals surface area (Å²) in [6.45, 7) is 7.81. The van der Waals surface area contributed by atoms with Crippen molar-refractivity contribution in [1.29, 1.82) is 0 Å². The number of rotatable bonds is 6. The van der Waals surface area contributed by atoms with Crippen molar-refractivity contribution in [3.8, 4) is 0 Å². The van der Waals surface area contributed by atoms with Crippen LogP contribution in [-0.4, -0.2) is 39.5 Å². The molecule has 1 heterocycles. The summed E-state index contributed by atoms with van der Waals surface area (Å²) in [5, 5.41) is 3.27. The van der Waals surface area contributed by atoms with Gasteiger partial charge in [0, 0.05) is 31.8 Å². The maximum Gasteiger partial charge on any atom is 0.0617 e. The Labute approximate surface area is 87.2 Å². The van der Waals surface area contributed by atoms with Gasteiger partial charge in [-0.25, -0.2) is 0 Å². The Hall–Kier alpha value is -0.120. The number of nitrogens with one attached hydrogen (secondary N) is 1. The highest BCUT2D eigenvalue weighted by Crippen LogP contribution is 2.37. The molecule has 1 aliphatic rings. The first-order chi connectivity index (χ1) is 6.75. The van der Waals surface area contributed by atoms with Crippen LogP contribution in [0, 0.1) is 5.41 Å². The zero-order chi connectivity index (χ0) is 10.4. The van der Waals surface area contributed by atoms with Crippen molar-refractivity contribution >= 4 is 0 Å². The first-order valence-electron chi connectivity index (χ1n) is 5.59. The third-order valence-electron chi connectivity index (χ3n) is 3.31. The molecule has 1 saturated heterocycles. The van der Waals surface area contributed by atoms with E-state index in [1.54, 1.807) is 0 Å². The fourth-order valence-corrected chi connectivity index (χ4v) is 2.24. The van der Waals surface area contributed by atoms with E-state index in [0.717, 1.165) is 39.2 Å². The highest BCUT2D eigenvalue weighted by Gasteiger charge is 2.40. The largest absolute Gasteiger partial charge is 0.382 e. The van der Waals surface area contributed by atoms with Crippen LogP contribution in [0.15, 0.2) is 0 Å². The van der Waals surface area contributed by atoms with Gasteiger partial charge in [0.1, 0.15) is 0 Å². The summed E-state index contributed by atoms with van der Waals surface area (Å²) in [6.07, 6.45) is 2.61. The molecule has 1 rings (SSSR count). The molecular weight excluding hydrogens is 178 g/mol. The fraction of sp³-hybridized carbons (Fsp3) is 1.00. The van der Waals surface area contributed by atoms with Gasteiger partial charge in [-0.15, -0.1) is 0 Å². The van der Waals surface area contributed by atoms with Crippen molar-refractivity contribution in [3.05, 3.63) is 0 Å². The van der Waals surface area contributed by atoms with E-state index in [-0.39, 0.29) is 0 Å². The van der Waals surface area contributed by atoms with E-state index in [0.29, 0.717) is 11.5 Å². The van der Waals surface area contributed by atoms with E-state index < -0.39 is 0 Å².